The molecule has 1 fully saturated rings. The number of carbonyl (C=O) groups excluding carboxylic acids is 1. The number of alkyl halides is 2. The molecule has 20 heavy (non-hydrogen) atoms. The van der Waals surface area contributed by atoms with Crippen LogP contribution in [-0.4, -0.2) is 31.0 Å². The van der Waals surface area contributed by atoms with Crippen molar-refractivity contribution < 1.29 is 18.0 Å². The summed E-state index contributed by atoms with van der Waals surface area (Å²) in [7, 11) is 0. The first-order valence-electron chi connectivity index (χ1n) is 6.20. The minimum atomic E-state index is -2.83. The lowest BCUT2D eigenvalue weighted by atomic mass is 10.1. The van der Waals surface area contributed by atoms with Gasteiger partial charge in [-0.2, -0.15) is 0 Å². The van der Waals surface area contributed by atoms with E-state index in [2.05, 4.69) is 10.6 Å². The summed E-state index contributed by atoms with van der Waals surface area (Å²) in [6.45, 7) is -0.219. The summed E-state index contributed by atoms with van der Waals surface area (Å²) in [5.41, 5.74) is 0.693. The fraction of sp³-hybridized carbons (Fsp3) is 0.462. The van der Waals surface area contributed by atoms with E-state index in [4.69, 9.17) is 11.6 Å². The maximum absolute atomic E-state index is 12.9. The van der Waals surface area contributed by atoms with Crippen LogP contribution >= 0.6 is 11.6 Å². The van der Waals surface area contributed by atoms with Crippen LogP contribution < -0.4 is 10.6 Å². The van der Waals surface area contributed by atoms with Gasteiger partial charge >= 0.3 is 0 Å². The second-order valence-corrected chi connectivity index (χ2v) is 5.18. The summed E-state index contributed by atoms with van der Waals surface area (Å²) >= 11 is 5.85. The van der Waals surface area contributed by atoms with Gasteiger partial charge in [-0.25, -0.2) is 13.2 Å². The molecule has 1 saturated heterocycles. The van der Waals surface area contributed by atoms with E-state index < -0.39 is 36.7 Å². The zero-order valence-corrected chi connectivity index (χ0v) is 11.3. The molecule has 1 aromatic rings. The number of benzene rings is 1. The summed E-state index contributed by atoms with van der Waals surface area (Å²) in [4.78, 5) is 11.7. The fourth-order valence-corrected chi connectivity index (χ4v) is 2.33. The molecule has 2 rings (SSSR count). The van der Waals surface area contributed by atoms with Gasteiger partial charge < -0.3 is 5.32 Å². The Morgan fingerprint density at radius 1 is 1.50 bits per heavy atom. The van der Waals surface area contributed by atoms with Gasteiger partial charge in [0.25, 0.3) is 5.92 Å². The molecule has 0 bridgehead atoms. The van der Waals surface area contributed by atoms with Crippen molar-refractivity contribution in [3.63, 3.8) is 0 Å². The van der Waals surface area contributed by atoms with Crippen molar-refractivity contribution in [1.82, 2.24) is 10.6 Å². The minimum Gasteiger partial charge on any atom is -0.354 e. The first-order valence-corrected chi connectivity index (χ1v) is 6.58. The maximum atomic E-state index is 12.9. The van der Waals surface area contributed by atoms with Gasteiger partial charge in [0.05, 0.1) is 12.6 Å². The van der Waals surface area contributed by atoms with Crippen molar-refractivity contribution in [3.05, 3.63) is 34.6 Å². The van der Waals surface area contributed by atoms with Gasteiger partial charge in [0.1, 0.15) is 5.82 Å². The third-order valence-electron chi connectivity index (χ3n) is 3.14. The highest BCUT2D eigenvalue weighted by Crippen LogP contribution is 2.25. The molecule has 1 atom stereocenters. The third kappa shape index (κ3) is 3.86. The van der Waals surface area contributed by atoms with Crippen LogP contribution in [0.25, 0.3) is 0 Å². The molecule has 1 heterocycles. The third-order valence-corrected chi connectivity index (χ3v) is 3.49. The lowest BCUT2D eigenvalue weighted by Crippen LogP contribution is -2.41. The van der Waals surface area contributed by atoms with Crippen LogP contribution in [0, 0.1) is 5.82 Å². The second kappa shape index (κ2) is 6.01. The molecule has 1 unspecified atom stereocenters. The number of amides is 1. The van der Waals surface area contributed by atoms with Crippen LogP contribution in [0.3, 0.4) is 0 Å². The highest BCUT2D eigenvalue weighted by Gasteiger charge is 2.42. The highest BCUT2D eigenvalue weighted by molar-refractivity contribution is 6.31. The lowest BCUT2D eigenvalue weighted by molar-refractivity contribution is -0.123. The zero-order chi connectivity index (χ0) is 14.8. The summed E-state index contributed by atoms with van der Waals surface area (Å²) in [6.07, 6.45) is -0.0793. The van der Waals surface area contributed by atoms with Crippen molar-refractivity contribution in [3.8, 4) is 0 Å². The van der Waals surface area contributed by atoms with E-state index in [1.807, 2.05) is 0 Å². The number of rotatable bonds is 4. The number of halogens is 4. The van der Waals surface area contributed by atoms with Crippen LogP contribution in [0.1, 0.15) is 12.0 Å². The van der Waals surface area contributed by atoms with Crippen molar-refractivity contribution >= 4 is 17.5 Å². The van der Waals surface area contributed by atoms with E-state index in [1.54, 1.807) is 0 Å². The molecule has 1 aromatic carbocycles. The average Bonchev–Trinajstić information content (AvgIpc) is 2.72. The topological polar surface area (TPSA) is 41.1 Å². The summed E-state index contributed by atoms with van der Waals surface area (Å²) in [5.74, 6) is -3.72. The van der Waals surface area contributed by atoms with Gasteiger partial charge in [0, 0.05) is 18.0 Å². The van der Waals surface area contributed by atoms with E-state index in [9.17, 15) is 18.0 Å². The molecule has 1 amide bonds. The molecule has 0 saturated carbocycles. The summed E-state index contributed by atoms with van der Waals surface area (Å²) in [6, 6.07) is 3.14. The Labute approximate surface area is 119 Å². The Balaban J connectivity index is 1.80. The quantitative estimate of drug-likeness (QED) is 0.895. The van der Waals surface area contributed by atoms with Gasteiger partial charge in [-0.05, 0) is 24.1 Å². The summed E-state index contributed by atoms with van der Waals surface area (Å²) < 4.78 is 38.7. The minimum absolute atomic E-state index is 0.258. The van der Waals surface area contributed by atoms with E-state index in [0.29, 0.717) is 12.0 Å². The molecule has 7 heteroatoms. The molecular formula is C13H14ClF3N2O. The molecule has 0 aromatic heterocycles. The van der Waals surface area contributed by atoms with Crippen LogP contribution in [0.15, 0.2) is 18.2 Å². The molecule has 2 N–H and O–H groups in total. The summed E-state index contributed by atoms with van der Waals surface area (Å²) in [5, 5.41) is 5.32. The first kappa shape index (κ1) is 15.1. The van der Waals surface area contributed by atoms with Gasteiger partial charge in [0.15, 0.2) is 0 Å². The predicted octanol–water partition coefficient (Wildman–Crippen LogP) is 2.13. The van der Waals surface area contributed by atoms with Gasteiger partial charge in [-0.1, -0.05) is 17.7 Å². The smallest absolute Gasteiger partial charge is 0.262 e. The Kier molecular flexibility index (Phi) is 4.55. The predicted molar refractivity (Wildman–Crippen MR) is 69.5 cm³/mol. The second-order valence-electron chi connectivity index (χ2n) is 4.77. The van der Waals surface area contributed by atoms with Crippen LogP contribution in [-0.2, 0) is 11.2 Å². The fourth-order valence-electron chi connectivity index (χ4n) is 2.07. The van der Waals surface area contributed by atoms with E-state index in [1.165, 1.54) is 18.2 Å². The SMILES string of the molecule is O=C(NCCc1ccc(F)cc1Cl)C1CC(F)(F)CN1. The number of nitrogens with one attached hydrogen (secondary N) is 2. The molecule has 1 aliphatic heterocycles. The molecule has 110 valence electrons. The molecule has 1 aliphatic rings. The Bertz CT molecular complexity index is 510. The van der Waals surface area contributed by atoms with Gasteiger partial charge in [-0.15, -0.1) is 0 Å². The van der Waals surface area contributed by atoms with Crippen molar-refractivity contribution in [1.29, 1.82) is 0 Å². The number of hydrogen-bond donors (Lipinski definition) is 2. The van der Waals surface area contributed by atoms with Crippen LogP contribution in [0.4, 0.5) is 13.2 Å². The monoisotopic (exact) mass is 306 g/mol. The molecule has 0 spiro atoms. The highest BCUT2D eigenvalue weighted by atomic mass is 35.5. The Hall–Kier alpha value is -1.27. The van der Waals surface area contributed by atoms with E-state index in [-0.39, 0.29) is 11.6 Å². The van der Waals surface area contributed by atoms with Crippen molar-refractivity contribution in [2.75, 3.05) is 13.1 Å². The Morgan fingerprint density at radius 2 is 2.25 bits per heavy atom. The zero-order valence-electron chi connectivity index (χ0n) is 10.6. The lowest BCUT2D eigenvalue weighted by Gasteiger charge is -2.11. The molecule has 0 aliphatic carbocycles. The van der Waals surface area contributed by atoms with E-state index >= 15 is 0 Å². The Morgan fingerprint density at radius 3 is 2.85 bits per heavy atom. The average molecular weight is 307 g/mol. The van der Waals surface area contributed by atoms with Crippen LogP contribution in [0.5, 0.6) is 0 Å². The normalized spacial score (nSPS) is 20.9. The molecule has 0 radical (unpaired) electrons. The van der Waals surface area contributed by atoms with Gasteiger partial charge in [0.2, 0.25) is 5.91 Å². The van der Waals surface area contributed by atoms with Crippen molar-refractivity contribution in [2.24, 2.45) is 0 Å². The van der Waals surface area contributed by atoms with Crippen LogP contribution in [0.2, 0.25) is 5.02 Å². The molecule has 3 nitrogen and oxygen atoms in total. The number of hydrogen-bond acceptors (Lipinski definition) is 2. The molecular weight excluding hydrogens is 293 g/mol. The number of carbonyl (C=O) groups is 1. The maximum Gasteiger partial charge on any atom is 0.262 e. The van der Waals surface area contributed by atoms with E-state index in [0.717, 1.165) is 0 Å². The van der Waals surface area contributed by atoms with Gasteiger partial charge in [-0.3, -0.25) is 10.1 Å². The van der Waals surface area contributed by atoms with Crippen molar-refractivity contribution in [2.45, 2.75) is 24.8 Å². The largest absolute Gasteiger partial charge is 0.354 e. The standard InChI is InChI=1S/C13H14ClF3N2O/c14-10-5-9(15)2-1-8(10)3-4-18-12(20)11-6-13(16,17)7-19-11/h1-2,5,11,19H,3-4,6-7H2,(H,18,20). The first-order chi connectivity index (χ1) is 9.37.